The van der Waals surface area contributed by atoms with Gasteiger partial charge in [0, 0.05) is 12.0 Å². The zero-order chi connectivity index (χ0) is 15.2. The monoisotopic (exact) mass is 283 g/mol. The van der Waals surface area contributed by atoms with E-state index < -0.39 is 11.4 Å². The predicted molar refractivity (Wildman–Crippen MR) is 79.5 cm³/mol. The molecule has 20 heavy (non-hydrogen) atoms. The molecule has 0 aromatic rings. The van der Waals surface area contributed by atoms with Gasteiger partial charge in [-0.3, -0.25) is 9.59 Å². The van der Waals surface area contributed by atoms with Crippen LogP contribution in [0.15, 0.2) is 0 Å². The molecule has 0 atom stereocenters. The number of nitrogens with one attached hydrogen (secondary N) is 1. The summed E-state index contributed by atoms with van der Waals surface area (Å²) in [6, 6.07) is 0. The maximum absolute atomic E-state index is 12.5. The molecule has 0 saturated heterocycles. The fraction of sp³-hybridized carbons (Fsp3) is 0.875. The van der Waals surface area contributed by atoms with Crippen LogP contribution in [0, 0.1) is 10.8 Å². The van der Waals surface area contributed by atoms with Crippen LogP contribution in [0.2, 0.25) is 0 Å². The summed E-state index contributed by atoms with van der Waals surface area (Å²) in [6.07, 6.45) is 7.22. The average molecular weight is 283 g/mol. The molecule has 0 bridgehead atoms. The van der Waals surface area contributed by atoms with E-state index in [1.165, 1.54) is 6.42 Å². The van der Waals surface area contributed by atoms with E-state index in [1.807, 2.05) is 13.8 Å². The predicted octanol–water partition coefficient (Wildman–Crippen LogP) is 3.35. The van der Waals surface area contributed by atoms with Crippen LogP contribution in [-0.2, 0) is 9.59 Å². The first-order valence-electron chi connectivity index (χ1n) is 7.98. The van der Waals surface area contributed by atoms with Gasteiger partial charge in [0.1, 0.15) is 0 Å². The van der Waals surface area contributed by atoms with Crippen molar-refractivity contribution in [3.63, 3.8) is 0 Å². The quantitative estimate of drug-likeness (QED) is 0.753. The highest BCUT2D eigenvalue weighted by Gasteiger charge is 2.40. The molecule has 0 heterocycles. The van der Waals surface area contributed by atoms with Gasteiger partial charge in [0.15, 0.2) is 0 Å². The summed E-state index contributed by atoms with van der Waals surface area (Å²) >= 11 is 0. The minimum atomic E-state index is -0.820. The Morgan fingerprint density at radius 3 is 2.05 bits per heavy atom. The lowest BCUT2D eigenvalue weighted by Gasteiger charge is -2.36. The molecule has 0 spiro atoms. The van der Waals surface area contributed by atoms with Crippen molar-refractivity contribution in [3.05, 3.63) is 0 Å². The molecule has 1 aliphatic carbocycles. The number of carboxylic acids is 1. The van der Waals surface area contributed by atoms with Crippen molar-refractivity contribution < 1.29 is 14.7 Å². The maximum atomic E-state index is 12.5. The van der Waals surface area contributed by atoms with Crippen molar-refractivity contribution in [2.24, 2.45) is 10.8 Å². The van der Waals surface area contributed by atoms with E-state index in [1.54, 1.807) is 0 Å². The van der Waals surface area contributed by atoms with Crippen molar-refractivity contribution in [2.75, 3.05) is 6.54 Å². The van der Waals surface area contributed by atoms with Gasteiger partial charge in [-0.2, -0.15) is 0 Å². The van der Waals surface area contributed by atoms with E-state index in [2.05, 4.69) is 12.2 Å². The number of aliphatic carboxylic acids is 1. The van der Waals surface area contributed by atoms with Gasteiger partial charge in [0.25, 0.3) is 0 Å². The van der Waals surface area contributed by atoms with E-state index >= 15 is 0 Å². The van der Waals surface area contributed by atoms with Gasteiger partial charge < -0.3 is 10.4 Å². The Morgan fingerprint density at radius 2 is 1.65 bits per heavy atom. The Bertz CT molecular complexity index is 342. The van der Waals surface area contributed by atoms with Crippen LogP contribution in [0.5, 0.6) is 0 Å². The molecule has 1 aliphatic rings. The van der Waals surface area contributed by atoms with Crippen LogP contribution < -0.4 is 5.32 Å². The van der Waals surface area contributed by atoms with E-state index in [-0.39, 0.29) is 17.9 Å². The van der Waals surface area contributed by atoms with Crippen molar-refractivity contribution in [1.82, 2.24) is 5.32 Å². The minimum Gasteiger partial charge on any atom is -0.481 e. The largest absolute Gasteiger partial charge is 0.481 e. The van der Waals surface area contributed by atoms with E-state index in [0.29, 0.717) is 12.8 Å². The highest BCUT2D eigenvalue weighted by molar-refractivity contribution is 5.83. The van der Waals surface area contributed by atoms with Gasteiger partial charge in [0.2, 0.25) is 5.91 Å². The first kappa shape index (κ1) is 17.0. The second kappa shape index (κ2) is 7.09. The normalized spacial score (nSPS) is 18.6. The Balaban J connectivity index is 2.71. The molecule has 0 unspecified atom stereocenters. The summed E-state index contributed by atoms with van der Waals surface area (Å²) < 4.78 is 0. The molecule has 116 valence electrons. The van der Waals surface area contributed by atoms with Crippen LogP contribution >= 0.6 is 0 Å². The molecule has 1 rings (SSSR count). The highest BCUT2D eigenvalue weighted by Crippen LogP contribution is 2.39. The third-order valence-electron chi connectivity index (χ3n) is 5.36. The van der Waals surface area contributed by atoms with Crippen molar-refractivity contribution >= 4 is 11.9 Å². The van der Waals surface area contributed by atoms with Gasteiger partial charge in [-0.15, -0.1) is 0 Å². The lowest BCUT2D eigenvalue weighted by Crippen LogP contribution is -2.48. The van der Waals surface area contributed by atoms with Gasteiger partial charge in [-0.05, 0) is 32.1 Å². The van der Waals surface area contributed by atoms with Crippen LogP contribution in [0.1, 0.15) is 72.1 Å². The molecule has 4 nitrogen and oxygen atoms in total. The zero-order valence-electron chi connectivity index (χ0n) is 13.1. The highest BCUT2D eigenvalue weighted by atomic mass is 16.4. The van der Waals surface area contributed by atoms with Gasteiger partial charge >= 0.3 is 5.97 Å². The van der Waals surface area contributed by atoms with Crippen LogP contribution in [0.3, 0.4) is 0 Å². The molecular formula is C16H29NO3. The first-order chi connectivity index (χ1) is 9.46. The number of hydrogen-bond donors (Lipinski definition) is 2. The number of carbonyl (C=O) groups is 2. The molecular weight excluding hydrogens is 254 g/mol. The molecule has 2 N–H and O–H groups in total. The second-order valence-electron chi connectivity index (χ2n) is 6.17. The Morgan fingerprint density at radius 1 is 1.10 bits per heavy atom. The summed E-state index contributed by atoms with van der Waals surface area (Å²) in [6.45, 7) is 6.06. The van der Waals surface area contributed by atoms with Crippen LogP contribution in [-0.4, -0.2) is 23.5 Å². The average Bonchev–Trinajstić information content (AvgIpc) is 2.48. The number of amides is 1. The van der Waals surface area contributed by atoms with E-state index in [0.717, 1.165) is 32.1 Å². The number of carbonyl (C=O) groups excluding carboxylic acids is 1. The first-order valence-corrected chi connectivity index (χ1v) is 7.98. The SMILES string of the molecule is CCC(CC)(CNC(=O)C1(CC)CCCCC1)C(=O)O. The smallest absolute Gasteiger partial charge is 0.311 e. The molecule has 4 heteroatoms. The Kier molecular flexibility index (Phi) is 6.03. The molecule has 0 aromatic carbocycles. The third kappa shape index (κ3) is 3.33. The van der Waals surface area contributed by atoms with E-state index in [4.69, 9.17) is 0 Å². The second-order valence-corrected chi connectivity index (χ2v) is 6.17. The Hall–Kier alpha value is -1.06. The molecule has 0 aromatic heterocycles. The van der Waals surface area contributed by atoms with Crippen molar-refractivity contribution in [2.45, 2.75) is 72.1 Å². The number of rotatable bonds is 7. The standard InChI is InChI=1S/C16H29NO3/c1-4-15(5-2,14(19)20)12-17-13(18)16(6-3)10-8-7-9-11-16/h4-12H2,1-3H3,(H,17,18)(H,19,20). The van der Waals surface area contributed by atoms with Crippen molar-refractivity contribution in [1.29, 1.82) is 0 Å². The summed E-state index contributed by atoms with van der Waals surface area (Å²) in [5, 5.41) is 12.4. The van der Waals surface area contributed by atoms with Crippen LogP contribution in [0.25, 0.3) is 0 Å². The van der Waals surface area contributed by atoms with Crippen LogP contribution in [0.4, 0.5) is 0 Å². The summed E-state index contributed by atoms with van der Waals surface area (Å²) in [5.74, 6) is -0.746. The number of carboxylic acid groups (broad SMARTS) is 1. The summed E-state index contributed by atoms with van der Waals surface area (Å²) in [5.41, 5.74) is -1.08. The number of hydrogen-bond acceptors (Lipinski definition) is 2. The van der Waals surface area contributed by atoms with Gasteiger partial charge in [0.05, 0.1) is 5.41 Å². The minimum absolute atomic E-state index is 0.0622. The summed E-state index contributed by atoms with van der Waals surface area (Å²) in [7, 11) is 0. The van der Waals surface area contributed by atoms with Crippen molar-refractivity contribution in [3.8, 4) is 0 Å². The van der Waals surface area contributed by atoms with Gasteiger partial charge in [-0.25, -0.2) is 0 Å². The lowest BCUT2D eigenvalue weighted by molar-refractivity contribution is -0.149. The van der Waals surface area contributed by atoms with Gasteiger partial charge in [-0.1, -0.05) is 40.0 Å². The molecule has 0 aliphatic heterocycles. The van der Waals surface area contributed by atoms with E-state index in [9.17, 15) is 14.7 Å². The fourth-order valence-corrected chi connectivity index (χ4v) is 3.28. The zero-order valence-corrected chi connectivity index (χ0v) is 13.1. The molecule has 1 saturated carbocycles. The molecule has 0 radical (unpaired) electrons. The topological polar surface area (TPSA) is 66.4 Å². The Labute approximate surface area is 122 Å². The molecule has 1 fully saturated rings. The summed E-state index contributed by atoms with van der Waals surface area (Å²) in [4.78, 5) is 24.0. The molecule has 1 amide bonds. The third-order valence-corrected chi connectivity index (χ3v) is 5.36. The maximum Gasteiger partial charge on any atom is 0.311 e. The lowest BCUT2D eigenvalue weighted by atomic mass is 9.71. The fourth-order valence-electron chi connectivity index (χ4n) is 3.28.